The van der Waals surface area contributed by atoms with Crippen LogP contribution in [0.25, 0.3) is 0 Å². The summed E-state index contributed by atoms with van der Waals surface area (Å²) in [7, 11) is -2.76. The lowest BCUT2D eigenvalue weighted by molar-refractivity contribution is -0.146. The van der Waals surface area contributed by atoms with Crippen molar-refractivity contribution in [3.8, 4) is 0 Å². The molecule has 2 aliphatic heterocycles. The SMILES string of the molecule is COC(=O)CCNC(=O)[C@@H]1OP(=O)(N[C@@H](C)C(=O)OC[C@H]2CCC(=O)N2)OCC1(C)C. The molecule has 2 rings (SSSR count). The summed E-state index contributed by atoms with van der Waals surface area (Å²) in [6, 6.07) is -1.30. The summed E-state index contributed by atoms with van der Waals surface area (Å²) in [6.07, 6.45) is -0.215. The van der Waals surface area contributed by atoms with Crippen LogP contribution in [-0.2, 0) is 42.3 Å². The highest BCUT2D eigenvalue weighted by atomic mass is 31.2. The molecule has 0 radical (unpaired) electrons. The summed E-state index contributed by atoms with van der Waals surface area (Å²) >= 11 is 0. The van der Waals surface area contributed by atoms with Gasteiger partial charge in [-0.05, 0) is 13.3 Å². The summed E-state index contributed by atoms with van der Waals surface area (Å²) in [6.45, 7) is 4.79. The van der Waals surface area contributed by atoms with Gasteiger partial charge in [-0.15, -0.1) is 0 Å². The van der Waals surface area contributed by atoms with Gasteiger partial charge in [-0.1, -0.05) is 13.8 Å². The van der Waals surface area contributed by atoms with Crippen LogP contribution in [0.4, 0.5) is 0 Å². The van der Waals surface area contributed by atoms with E-state index in [4.69, 9.17) is 13.8 Å². The lowest BCUT2D eigenvalue weighted by atomic mass is 9.87. The monoisotopic (exact) mass is 463 g/mol. The molecule has 176 valence electrons. The van der Waals surface area contributed by atoms with Gasteiger partial charge in [0.1, 0.15) is 12.6 Å². The summed E-state index contributed by atoms with van der Waals surface area (Å²) in [5, 5.41) is 7.70. The van der Waals surface area contributed by atoms with Crippen molar-refractivity contribution in [2.75, 3.05) is 26.9 Å². The predicted octanol–water partition coefficient (Wildman–Crippen LogP) is 0.0153. The van der Waals surface area contributed by atoms with Crippen LogP contribution in [0.1, 0.15) is 40.0 Å². The number of rotatable bonds is 9. The lowest BCUT2D eigenvalue weighted by Crippen LogP contribution is -2.51. The highest BCUT2D eigenvalue weighted by Gasteiger charge is 2.49. The number of carbonyl (C=O) groups excluding carboxylic acids is 4. The molecule has 0 aliphatic carbocycles. The summed E-state index contributed by atoms with van der Waals surface area (Å²) < 4.78 is 33.5. The van der Waals surface area contributed by atoms with Gasteiger partial charge in [0.05, 0.1) is 26.2 Å². The van der Waals surface area contributed by atoms with Gasteiger partial charge in [-0.3, -0.25) is 28.2 Å². The molecule has 2 fully saturated rings. The quantitative estimate of drug-likeness (QED) is 0.314. The molecule has 0 aromatic heterocycles. The Kier molecular flexibility index (Phi) is 8.58. The molecule has 3 N–H and O–H groups in total. The zero-order valence-corrected chi connectivity index (χ0v) is 19.0. The number of ether oxygens (including phenoxy) is 2. The average molecular weight is 463 g/mol. The molecular weight excluding hydrogens is 433 g/mol. The number of methoxy groups -OCH3 is 1. The van der Waals surface area contributed by atoms with E-state index in [1.165, 1.54) is 14.0 Å². The Balaban J connectivity index is 1.90. The number of amides is 2. The molecule has 0 aromatic carbocycles. The first-order valence-corrected chi connectivity index (χ1v) is 11.5. The first-order chi connectivity index (χ1) is 14.5. The van der Waals surface area contributed by atoms with Gasteiger partial charge in [-0.25, -0.2) is 9.65 Å². The lowest BCUT2D eigenvalue weighted by Gasteiger charge is -2.40. The smallest absolute Gasteiger partial charge is 0.407 e. The van der Waals surface area contributed by atoms with Crippen molar-refractivity contribution >= 4 is 31.5 Å². The minimum atomic E-state index is -4.00. The Hall–Kier alpha value is -2.01. The van der Waals surface area contributed by atoms with Gasteiger partial charge in [0.15, 0.2) is 6.10 Å². The minimum absolute atomic E-state index is 0.000859. The van der Waals surface area contributed by atoms with Crippen LogP contribution in [0.15, 0.2) is 0 Å². The van der Waals surface area contributed by atoms with E-state index in [1.54, 1.807) is 13.8 Å². The van der Waals surface area contributed by atoms with E-state index < -0.39 is 43.2 Å². The second-order valence-electron chi connectivity index (χ2n) is 8.15. The molecule has 4 atom stereocenters. The zero-order valence-electron chi connectivity index (χ0n) is 18.1. The molecular formula is C18H30N3O9P. The van der Waals surface area contributed by atoms with E-state index in [0.717, 1.165) is 0 Å². The van der Waals surface area contributed by atoms with E-state index >= 15 is 0 Å². The first-order valence-electron chi connectivity index (χ1n) is 9.97. The number of hydrogen-bond acceptors (Lipinski definition) is 9. The van der Waals surface area contributed by atoms with Crippen LogP contribution in [0.5, 0.6) is 0 Å². The van der Waals surface area contributed by atoms with Crippen LogP contribution in [-0.4, -0.2) is 68.8 Å². The van der Waals surface area contributed by atoms with Gasteiger partial charge >= 0.3 is 19.7 Å². The van der Waals surface area contributed by atoms with Crippen LogP contribution in [0, 0.1) is 5.41 Å². The molecule has 13 heteroatoms. The van der Waals surface area contributed by atoms with E-state index in [-0.39, 0.29) is 38.1 Å². The standard InChI is InChI=1S/C18H30N3O9P/c1-11(17(25)28-9-12-5-6-13(22)20-12)21-31(26)29-10-18(2,3)15(30-31)16(24)19-8-7-14(23)27-4/h11-12,15H,5-10H2,1-4H3,(H,19,24)(H,20,22)(H,21,26)/t11-,12+,15-,31?/m0/s1. The molecule has 12 nitrogen and oxygen atoms in total. The second-order valence-corrected chi connectivity index (χ2v) is 9.87. The maximum Gasteiger partial charge on any atom is 0.407 e. The van der Waals surface area contributed by atoms with Crippen molar-refractivity contribution in [2.24, 2.45) is 5.41 Å². The van der Waals surface area contributed by atoms with Crippen molar-refractivity contribution in [3.63, 3.8) is 0 Å². The van der Waals surface area contributed by atoms with Gasteiger partial charge in [-0.2, -0.15) is 0 Å². The third-order valence-corrected chi connectivity index (χ3v) is 6.53. The Morgan fingerprint density at radius 2 is 2.06 bits per heavy atom. The molecule has 0 bridgehead atoms. The Morgan fingerprint density at radius 1 is 1.35 bits per heavy atom. The molecule has 31 heavy (non-hydrogen) atoms. The fourth-order valence-corrected chi connectivity index (χ4v) is 4.93. The van der Waals surface area contributed by atoms with E-state index in [0.29, 0.717) is 12.8 Å². The van der Waals surface area contributed by atoms with E-state index in [9.17, 15) is 23.7 Å². The van der Waals surface area contributed by atoms with Gasteiger partial charge in [0.25, 0.3) is 0 Å². The fraction of sp³-hybridized carbons (Fsp3) is 0.778. The average Bonchev–Trinajstić information content (AvgIpc) is 3.13. The summed E-state index contributed by atoms with van der Waals surface area (Å²) in [5.41, 5.74) is -0.810. The maximum atomic E-state index is 13.0. The molecule has 2 heterocycles. The Labute approximate surface area is 180 Å². The number of nitrogens with one attached hydrogen (secondary N) is 3. The van der Waals surface area contributed by atoms with Crippen LogP contribution in [0.2, 0.25) is 0 Å². The van der Waals surface area contributed by atoms with Crippen LogP contribution in [0.3, 0.4) is 0 Å². The maximum absolute atomic E-state index is 13.0. The molecule has 2 amide bonds. The van der Waals surface area contributed by atoms with Crippen molar-refractivity contribution in [2.45, 2.75) is 58.2 Å². The molecule has 2 saturated heterocycles. The zero-order chi connectivity index (χ0) is 23.2. The third-order valence-electron chi connectivity index (χ3n) is 4.87. The highest BCUT2D eigenvalue weighted by Crippen LogP contribution is 2.53. The predicted molar refractivity (Wildman–Crippen MR) is 107 cm³/mol. The molecule has 2 aliphatic rings. The van der Waals surface area contributed by atoms with Crippen molar-refractivity contribution < 1.29 is 42.3 Å². The van der Waals surface area contributed by atoms with E-state index in [1.807, 2.05) is 0 Å². The van der Waals surface area contributed by atoms with Crippen molar-refractivity contribution in [3.05, 3.63) is 0 Å². The van der Waals surface area contributed by atoms with Crippen LogP contribution < -0.4 is 15.7 Å². The molecule has 0 aromatic rings. The Bertz CT molecular complexity index is 758. The minimum Gasteiger partial charge on any atom is -0.469 e. The Morgan fingerprint density at radius 3 is 2.68 bits per heavy atom. The normalized spacial score (nSPS) is 28.3. The van der Waals surface area contributed by atoms with Gasteiger partial charge in [0.2, 0.25) is 11.8 Å². The van der Waals surface area contributed by atoms with Crippen LogP contribution >= 0.6 is 7.75 Å². The summed E-state index contributed by atoms with van der Waals surface area (Å²) in [4.78, 5) is 47.2. The van der Waals surface area contributed by atoms with Gasteiger partial charge < -0.3 is 20.1 Å². The van der Waals surface area contributed by atoms with Crippen molar-refractivity contribution in [1.29, 1.82) is 0 Å². The van der Waals surface area contributed by atoms with Gasteiger partial charge in [0, 0.05) is 18.4 Å². The number of esters is 2. The fourth-order valence-electron chi connectivity index (χ4n) is 2.99. The molecule has 0 saturated carbocycles. The van der Waals surface area contributed by atoms with E-state index in [2.05, 4.69) is 20.5 Å². The molecule has 0 spiro atoms. The first kappa shape index (κ1) is 25.3. The highest BCUT2D eigenvalue weighted by molar-refractivity contribution is 7.51. The molecule has 1 unspecified atom stereocenters. The second kappa shape index (κ2) is 10.5. The summed E-state index contributed by atoms with van der Waals surface area (Å²) in [5.74, 6) is -1.84. The number of carbonyl (C=O) groups is 4. The third kappa shape index (κ3) is 7.27. The topological polar surface area (TPSA) is 158 Å². The number of hydrogen-bond donors (Lipinski definition) is 3. The van der Waals surface area contributed by atoms with Crippen molar-refractivity contribution in [1.82, 2.24) is 15.7 Å². The largest absolute Gasteiger partial charge is 0.469 e.